The molecule has 1 N–H and O–H groups in total. The zero-order valence-corrected chi connectivity index (χ0v) is 11.8. The van der Waals surface area contributed by atoms with Gasteiger partial charge < -0.3 is 5.32 Å². The Hall–Kier alpha value is -0.280. The van der Waals surface area contributed by atoms with Crippen LogP contribution in [0.4, 0.5) is 0 Å². The highest BCUT2D eigenvalue weighted by atomic mass is 35.5. The lowest BCUT2D eigenvalue weighted by molar-refractivity contribution is 0.181. The van der Waals surface area contributed by atoms with E-state index in [1.165, 1.54) is 18.4 Å². The van der Waals surface area contributed by atoms with Gasteiger partial charge in [0.25, 0.3) is 0 Å². The van der Waals surface area contributed by atoms with Crippen LogP contribution < -0.4 is 5.32 Å². The van der Waals surface area contributed by atoms with Crippen molar-refractivity contribution in [2.75, 3.05) is 19.6 Å². The van der Waals surface area contributed by atoms with Crippen molar-refractivity contribution in [3.05, 3.63) is 33.8 Å². The number of piperazine rings is 1. The van der Waals surface area contributed by atoms with Crippen LogP contribution in [0.1, 0.15) is 18.4 Å². The van der Waals surface area contributed by atoms with Crippen LogP contribution in [0.2, 0.25) is 10.0 Å². The Morgan fingerprint density at radius 2 is 2.11 bits per heavy atom. The molecule has 2 nitrogen and oxygen atoms in total. The van der Waals surface area contributed by atoms with Gasteiger partial charge in [0.1, 0.15) is 0 Å². The Kier molecular flexibility index (Phi) is 3.81. The molecule has 0 aromatic heterocycles. The molecule has 2 fully saturated rings. The molecule has 0 spiro atoms. The number of halogens is 2. The third-order valence-corrected chi connectivity index (χ3v) is 4.48. The second-order valence-electron chi connectivity index (χ2n) is 5.37. The number of benzene rings is 1. The molecule has 1 aliphatic carbocycles. The number of nitrogens with zero attached hydrogens (tertiary/aromatic N) is 1. The van der Waals surface area contributed by atoms with Gasteiger partial charge in [0.15, 0.2) is 0 Å². The van der Waals surface area contributed by atoms with E-state index in [1.807, 2.05) is 18.2 Å². The van der Waals surface area contributed by atoms with Gasteiger partial charge >= 0.3 is 0 Å². The summed E-state index contributed by atoms with van der Waals surface area (Å²) in [5.74, 6) is 0.911. The van der Waals surface area contributed by atoms with Gasteiger partial charge in [0, 0.05) is 42.3 Å². The first-order valence-electron chi connectivity index (χ1n) is 6.62. The van der Waals surface area contributed by atoms with Crippen molar-refractivity contribution in [3.63, 3.8) is 0 Å². The Morgan fingerprint density at radius 3 is 2.83 bits per heavy atom. The van der Waals surface area contributed by atoms with Crippen LogP contribution in [0.3, 0.4) is 0 Å². The third kappa shape index (κ3) is 3.00. The molecule has 0 amide bonds. The zero-order valence-electron chi connectivity index (χ0n) is 10.3. The molecule has 1 saturated carbocycles. The van der Waals surface area contributed by atoms with Gasteiger partial charge in [0.2, 0.25) is 0 Å². The van der Waals surface area contributed by atoms with E-state index in [1.54, 1.807) is 0 Å². The molecular formula is C14H18Cl2N2. The fourth-order valence-corrected chi connectivity index (χ4v) is 3.16. The van der Waals surface area contributed by atoms with E-state index < -0.39 is 0 Å². The molecule has 98 valence electrons. The van der Waals surface area contributed by atoms with E-state index in [-0.39, 0.29) is 0 Å². The highest BCUT2D eigenvalue weighted by Crippen LogP contribution is 2.34. The maximum Gasteiger partial charge on any atom is 0.0465 e. The van der Waals surface area contributed by atoms with Gasteiger partial charge in [-0.1, -0.05) is 29.3 Å². The minimum absolute atomic E-state index is 0.685. The summed E-state index contributed by atoms with van der Waals surface area (Å²) in [5, 5.41) is 5.11. The van der Waals surface area contributed by atoms with E-state index in [2.05, 4.69) is 10.2 Å². The predicted octanol–water partition coefficient (Wildman–Crippen LogP) is 3.18. The predicted molar refractivity (Wildman–Crippen MR) is 76.3 cm³/mol. The zero-order chi connectivity index (χ0) is 12.5. The van der Waals surface area contributed by atoms with Crippen molar-refractivity contribution >= 4 is 23.2 Å². The fraction of sp³-hybridized carbons (Fsp3) is 0.571. The van der Waals surface area contributed by atoms with Crippen LogP contribution in [0.25, 0.3) is 0 Å². The van der Waals surface area contributed by atoms with Crippen LogP contribution in [0, 0.1) is 5.92 Å². The number of hydrogen-bond acceptors (Lipinski definition) is 2. The van der Waals surface area contributed by atoms with Crippen molar-refractivity contribution in [2.45, 2.75) is 25.4 Å². The first kappa shape index (κ1) is 12.7. The molecule has 1 atom stereocenters. The second kappa shape index (κ2) is 5.38. The van der Waals surface area contributed by atoms with E-state index in [4.69, 9.17) is 23.2 Å². The lowest BCUT2D eigenvalue weighted by atomic mass is 10.1. The largest absolute Gasteiger partial charge is 0.311 e. The van der Waals surface area contributed by atoms with Gasteiger partial charge in [0.05, 0.1) is 0 Å². The van der Waals surface area contributed by atoms with E-state index in [0.29, 0.717) is 11.1 Å². The van der Waals surface area contributed by atoms with Gasteiger partial charge in [-0.3, -0.25) is 4.90 Å². The van der Waals surface area contributed by atoms with Crippen molar-refractivity contribution in [3.8, 4) is 0 Å². The SMILES string of the molecule is Clc1ccc(CN2CCNC(C3CC3)C2)c(Cl)c1. The monoisotopic (exact) mass is 284 g/mol. The summed E-state index contributed by atoms with van der Waals surface area (Å²) in [6.07, 6.45) is 2.79. The van der Waals surface area contributed by atoms with Crippen LogP contribution >= 0.6 is 23.2 Å². The van der Waals surface area contributed by atoms with Gasteiger partial charge in [-0.05, 0) is 36.5 Å². The van der Waals surface area contributed by atoms with Gasteiger partial charge in [-0.15, -0.1) is 0 Å². The summed E-state index contributed by atoms with van der Waals surface area (Å²) in [5.41, 5.74) is 1.18. The van der Waals surface area contributed by atoms with Crippen molar-refractivity contribution in [1.82, 2.24) is 10.2 Å². The van der Waals surface area contributed by atoms with Crippen molar-refractivity contribution in [2.24, 2.45) is 5.92 Å². The minimum Gasteiger partial charge on any atom is -0.311 e. The summed E-state index contributed by atoms with van der Waals surface area (Å²) in [6.45, 7) is 4.26. The van der Waals surface area contributed by atoms with Crippen LogP contribution in [-0.4, -0.2) is 30.6 Å². The molecule has 2 aliphatic rings. The molecule has 0 radical (unpaired) electrons. The lowest BCUT2D eigenvalue weighted by Crippen LogP contribution is -2.51. The molecule has 18 heavy (non-hydrogen) atoms. The molecule has 3 rings (SSSR count). The molecule has 1 heterocycles. The van der Waals surface area contributed by atoms with Crippen molar-refractivity contribution in [1.29, 1.82) is 0 Å². The smallest absolute Gasteiger partial charge is 0.0465 e. The minimum atomic E-state index is 0.685. The maximum atomic E-state index is 6.23. The molecule has 1 unspecified atom stereocenters. The molecule has 1 aromatic carbocycles. The van der Waals surface area contributed by atoms with E-state index in [0.717, 1.165) is 37.1 Å². The van der Waals surface area contributed by atoms with Crippen LogP contribution in [0.5, 0.6) is 0 Å². The summed E-state index contributed by atoms with van der Waals surface area (Å²) in [4.78, 5) is 2.49. The standard InChI is InChI=1S/C14H18Cl2N2/c15-12-4-3-11(13(16)7-12)8-18-6-5-17-14(9-18)10-1-2-10/h3-4,7,10,14,17H,1-2,5-6,8-9H2. The molecule has 0 bridgehead atoms. The van der Waals surface area contributed by atoms with Crippen molar-refractivity contribution < 1.29 is 0 Å². The molecular weight excluding hydrogens is 267 g/mol. The summed E-state index contributed by atoms with van der Waals surface area (Å²) < 4.78 is 0. The van der Waals surface area contributed by atoms with E-state index in [9.17, 15) is 0 Å². The quantitative estimate of drug-likeness (QED) is 0.917. The molecule has 1 aliphatic heterocycles. The summed E-state index contributed by atoms with van der Waals surface area (Å²) in [7, 11) is 0. The number of hydrogen-bond donors (Lipinski definition) is 1. The molecule has 1 aromatic rings. The Balaban J connectivity index is 1.64. The van der Waals surface area contributed by atoms with Gasteiger partial charge in [-0.2, -0.15) is 0 Å². The first-order chi connectivity index (χ1) is 8.72. The average Bonchev–Trinajstić information content (AvgIpc) is 3.17. The maximum absolute atomic E-state index is 6.23. The van der Waals surface area contributed by atoms with Crippen LogP contribution in [0.15, 0.2) is 18.2 Å². The Labute approximate surface area is 118 Å². The van der Waals surface area contributed by atoms with Crippen LogP contribution in [-0.2, 0) is 6.54 Å². The topological polar surface area (TPSA) is 15.3 Å². The second-order valence-corrected chi connectivity index (χ2v) is 6.21. The highest BCUT2D eigenvalue weighted by Gasteiger charge is 2.33. The average molecular weight is 285 g/mol. The number of rotatable bonds is 3. The summed E-state index contributed by atoms with van der Waals surface area (Å²) >= 11 is 12.2. The normalized spacial score (nSPS) is 25.3. The first-order valence-corrected chi connectivity index (χ1v) is 7.37. The van der Waals surface area contributed by atoms with E-state index >= 15 is 0 Å². The molecule has 4 heteroatoms. The summed E-state index contributed by atoms with van der Waals surface area (Å²) in [6, 6.07) is 6.48. The Morgan fingerprint density at radius 1 is 1.28 bits per heavy atom. The third-order valence-electron chi connectivity index (χ3n) is 3.89. The Bertz CT molecular complexity index is 432. The number of nitrogens with one attached hydrogen (secondary N) is 1. The van der Waals surface area contributed by atoms with Gasteiger partial charge in [-0.25, -0.2) is 0 Å². The molecule has 1 saturated heterocycles. The highest BCUT2D eigenvalue weighted by molar-refractivity contribution is 6.35. The lowest BCUT2D eigenvalue weighted by Gasteiger charge is -2.34. The fourth-order valence-electron chi connectivity index (χ4n) is 2.69.